The molecule has 1 saturated carbocycles. The van der Waals surface area contributed by atoms with Gasteiger partial charge in [0.1, 0.15) is 7.14 Å². The lowest BCUT2D eigenvalue weighted by Crippen LogP contribution is -2.52. The zero-order valence-electron chi connectivity index (χ0n) is 21.4. The maximum atomic E-state index is 15.4. The molecule has 2 atom stereocenters. The summed E-state index contributed by atoms with van der Waals surface area (Å²) in [5, 5.41) is 13.9. The minimum absolute atomic E-state index is 0.0477. The third kappa shape index (κ3) is 5.56. The average Bonchev–Trinajstić information content (AvgIpc) is 2.78. The Morgan fingerprint density at radius 2 is 1.39 bits per heavy atom. The molecule has 2 aromatic rings. The Kier molecular flexibility index (Phi) is 8.16. The molecule has 0 amide bonds. The Morgan fingerprint density at radius 1 is 0.939 bits per heavy atom. The molecule has 0 aromatic heterocycles. The van der Waals surface area contributed by atoms with Crippen molar-refractivity contribution in [1.29, 1.82) is 0 Å². The van der Waals surface area contributed by atoms with Gasteiger partial charge in [-0.05, 0) is 36.9 Å². The first-order valence-corrected chi connectivity index (χ1v) is 17.2. The van der Waals surface area contributed by atoms with Crippen LogP contribution < -0.4 is 10.6 Å². The predicted molar refractivity (Wildman–Crippen MR) is 144 cm³/mol. The van der Waals surface area contributed by atoms with Gasteiger partial charge in [0.25, 0.3) is 0 Å². The lowest BCUT2D eigenvalue weighted by Gasteiger charge is -2.47. The molecule has 0 spiro atoms. The van der Waals surface area contributed by atoms with Crippen LogP contribution in [0.1, 0.15) is 59.8 Å². The molecule has 3 nitrogen and oxygen atoms in total. The van der Waals surface area contributed by atoms with Crippen molar-refractivity contribution in [2.45, 2.75) is 89.2 Å². The van der Waals surface area contributed by atoms with Gasteiger partial charge in [0, 0.05) is 17.2 Å². The molecule has 0 saturated heterocycles. The van der Waals surface area contributed by atoms with E-state index in [9.17, 15) is 5.11 Å². The van der Waals surface area contributed by atoms with E-state index >= 15 is 4.57 Å². The number of rotatable bonds is 8. The highest BCUT2D eigenvalue weighted by molar-refractivity contribution is 7.79. The van der Waals surface area contributed by atoms with Crippen LogP contribution in [0.5, 0.6) is 0 Å². The fourth-order valence-corrected chi connectivity index (χ4v) is 10.1. The van der Waals surface area contributed by atoms with Crippen LogP contribution in [0.4, 0.5) is 0 Å². The molecule has 0 unspecified atom stereocenters. The summed E-state index contributed by atoms with van der Waals surface area (Å²) in [4.78, 5) is 0. The van der Waals surface area contributed by atoms with Gasteiger partial charge in [-0.15, -0.1) is 0 Å². The Balaban J connectivity index is 2.11. The van der Waals surface area contributed by atoms with Gasteiger partial charge in [0.2, 0.25) is 0 Å². The molecular formula is C28H43O3PSi. The minimum Gasteiger partial charge on any atom is -0.417 e. The van der Waals surface area contributed by atoms with Crippen LogP contribution in [0, 0.1) is 5.92 Å². The van der Waals surface area contributed by atoms with Gasteiger partial charge >= 0.3 is 0 Å². The van der Waals surface area contributed by atoms with Crippen LogP contribution in [0.3, 0.4) is 0 Å². The molecule has 0 heterocycles. The normalized spacial score (nSPS) is 19.1. The second kappa shape index (κ2) is 10.2. The first kappa shape index (κ1) is 26.4. The SMILES string of the molecule is C[C@@H](CO[Si](C)(C)C(C)(C)C)[C@H](C1(O)CCCCC1)P(=O)(c1ccccc1)c1ccccc1. The quantitative estimate of drug-likeness (QED) is 0.333. The largest absolute Gasteiger partial charge is 0.417 e. The van der Waals surface area contributed by atoms with E-state index in [0.717, 1.165) is 29.9 Å². The second-order valence-electron chi connectivity index (χ2n) is 11.5. The van der Waals surface area contributed by atoms with Gasteiger partial charge < -0.3 is 14.1 Å². The van der Waals surface area contributed by atoms with Gasteiger partial charge in [-0.2, -0.15) is 0 Å². The van der Waals surface area contributed by atoms with Crippen LogP contribution in [0.25, 0.3) is 0 Å². The number of hydrogen-bond acceptors (Lipinski definition) is 3. The minimum atomic E-state index is -3.16. The van der Waals surface area contributed by atoms with Crippen molar-refractivity contribution >= 4 is 26.1 Å². The highest BCUT2D eigenvalue weighted by Gasteiger charge is 2.52. The van der Waals surface area contributed by atoms with Crippen molar-refractivity contribution in [3.8, 4) is 0 Å². The summed E-state index contributed by atoms with van der Waals surface area (Å²) < 4.78 is 22.0. The van der Waals surface area contributed by atoms with E-state index in [2.05, 4.69) is 40.8 Å². The summed E-state index contributed by atoms with van der Waals surface area (Å²) in [6.45, 7) is 13.9. The summed E-state index contributed by atoms with van der Waals surface area (Å²) in [6, 6.07) is 19.7. The van der Waals surface area contributed by atoms with Crippen molar-refractivity contribution < 1.29 is 14.1 Å². The molecule has 33 heavy (non-hydrogen) atoms. The van der Waals surface area contributed by atoms with E-state index in [4.69, 9.17) is 4.43 Å². The van der Waals surface area contributed by atoms with E-state index < -0.39 is 21.1 Å². The summed E-state index contributed by atoms with van der Waals surface area (Å²) in [7, 11) is -5.14. The van der Waals surface area contributed by atoms with Crippen molar-refractivity contribution in [3.05, 3.63) is 60.7 Å². The fraction of sp³-hybridized carbons (Fsp3) is 0.571. The van der Waals surface area contributed by atoms with E-state index in [-0.39, 0.29) is 16.6 Å². The van der Waals surface area contributed by atoms with E-state index in [1.54, 1.807) is 0 Å². The van der Waals surface area contributed by atoms with E-state index in [1.165, 1.54) is 0 Å². The average molecular weight is 487 g/mol. The third-order valence-electron chi connectivity index (χ3n) is 7.99. The maximum Gasteiger partial charge on any atom is 0.191 e. The summed E-state index contributed by atoms with van der Waals surface area (Å²) in [6.07, 6.45) is 4.49. The Morgan fingerprint density at radius 3 is 1.82 bits per heavy atom. The standard InChI is InChI=1S/C28H43O3PSi/c1-23(22-31-33(5,6)27(2,3)4)26(28(29)20-14-9-15-21-28)32(30,24-16-10-7-11-17-24)25-18-12-8-13-19-25/h7-8,10-13,16-19,23,26,29H,9,14-15,20-22H2,1-6H3/t23-,26+/m0/s1. The Bertz CT molecular complexity index is 887. The molecular weight excluding hydrogens is 443 g/mol. The van der Waals surface area contributed by atoms with Gasteiger partial charge in [-0.1, -0.05) is 108 Å². The molecule has 1 aliphatic rings. The van der Waals surface area contributed by atoms with Gasteiger partial charge in [-0.3, -0.25) is 0 Å². The number of aliphatic hydroxyl groups is 1. The van der Waals surface area contributed by atoms with Crippen LogP contribution in [0.15, 0.2) is 60.7 Å². The van der Waals surface area contributed by atoms with Crippen LogP contribution in [-0.2, 0) is 8.99 Å². The lowest BCUT2D eigenvalue weighted by atomic mass is 9.78. The Hall–Kier alpha value is -1.19. The predicted octanol–water partition coefficient (Wildman–Crippen LogP) is 6.72. The van der Waals surface area contributed by atoms with Crippen molar-refractivity contribution in [2.75, 3.05) is 6.61 Å². The molecule has 0 aliphatic heterocycles. The molecule has 1 N–H and O–H groups in total. The van der Waals surface area contributed by atoms with Gasteiger partial charge in [0.15, 0.2) is 8.32 Å². The molecule has 3 rings (SSSR count). The first-order valence-electron chi connectivity index (χ1n) is 12.5. The highest BCUT2D eigenvalue weighted by atomic mass is 31.2. The van der Waals surface area contributed by atoms with Crippen LogP contribution in [0.2, 0.25) is 18.1 Å². The van der Waals surface area contributed by atoms with Gasteiger partial charge in [-0.25, -0.2) is 0 Å². The number of benzene rings is 2. The van der Waals surface area contributed by atoms with E-state index in [0.29, 0.717) is 19.4 Å². The van der Waals surface area contributed by atoms with Crippen molar-refractivity contribution in [2.24, 2.45) is 5.92 Å². The van der Waals surface area contributed by atoms with Crippen LogP contribution in [-0.4, -0.2) is 31.3 Å². The maximum absolute atomic E-state index is 15.4. The topological polar surface area (TPSA) is 46.5 Å². The fourth-order valence-electron chi connectivity index (χ4n) is 5.10. The van der Waals surface area contributed by atoms with E-state index in [1.807, 2.05) is 60.7 Å². The summed E-state index contributed by atoms with van der Waals surface area (Å²) in [5.74, 6) is -0.0477. The zero-order valence-corrected chi connectivity index (χ0v) is 23.3. The molecule has 182 valence electrons. The zero-order chi connectivity index (χ0) is 24.3. The molecule has 2 aromatic carbocycles. The summed E-state index contributed by atoms with van der Waals surface area (Å²) >= 11 is 0. The monoisotopic (exact) mass is 486 g/mol. The third-order valence-corrected chi connectivity index (χ3v) is 16.4. The molecule has 1 aliphatic carbocycles. The molecule has 0 radical (unpaired) electrons. The molecule has 1 fully saturated rings. The smallest absolute Gasteiger partial charge is 0.191 e. The lowest BCUT2D eigenvalue weighted by molar-refractivity contribution is -0.0170. The Labute approximate surface area is 202 Å². The van der Waals surface area contributed by atoms with Crippen molar-refractivity contribution in [3.63, 3.8) is 0 Å². The molecule has 0 bridgehead atoms. The highest BCUT2D eigenvalue weighted by Crippen LogP contribution is 2.58. The van der Waals surface area contributed by atoms with Gasteiger partial charge in [0.05, 0.1) is 11.3 Å². The van der Waals surface area contributed by atoms with Crippen molar-refractivity contribution in [1.82, 2.24) is 0 Å². The summed E-state index contributed by atoms with van der Waals surface area (Å²) in [5.41, 5.74) is -1.35. The molecule has 5 heteroatoms. The van der Waals surface area contributed by atoms with Crippen LogP contribution >= 0.6 is 7.14 Å². The number of hydrogen-bond donors (Lipinski definition) is 1. The second-order valence-corrected chi connectivity index (χ2v) is 19.2. The first-order chi connectivity index (χ1) is 15.4.